The minimum absolute atomic E-state index is 0.0757. The van der Waals surface area contributed by atoms with Gasteiger partial charge in [0.2, 0.25) is 5.91 Å². The predicted molar refractivity (Wildman–Crippen MR) is 82.7 cm³/mol. The lowest BCUT2D eigenvalue weighted by molar-refractivity contribution is -0.123. The van der Waals surface area contributed by atoms with Crippen molar-refractivity contribution in [3.63, 3.8) is 0 Å². The molecule has 3 atom stereocenters. The van der Waals surface area contributed by atoms with E-state index in [-0.39, 0.29) is 11.9 Å². The van der Waals surface area contributed by atoms with Crippen molar-refractivity contribution in [1.82, 2.24) is 10.6 Å². The summed E-state index contributed by atoms with van der Waals surface area (Å²) in [4.78, 5) is 11.9. The van der Waals surface area contributed by atoms with E-state index in [0.29, 0.717) is 19.2 Å². The topological polar surface area (TPSA) is 50.4 Å². The summed E-state index contributed by atoms with van der Waals surface area (Å²) in [6.07, 6.45) is 6.29. The monoisotopic (exact) mass is 284 g/mol. The maximum atomic E-state index is 11.9. The van der Waals surface area contributed by atoms with E-state index in [1.807, 2.05) is 6.92 Å². The van der Waals surface area contributed by atoms with Gasteiger partial charge in [0.15, 0.2) is 0 Å². The summed E-state index contributed by atoms with van der Waals surface area (Å²) in [5.41, 5.74) is 0. The van der Waals surface area contributed by atoms with E-state index in [4.69, 9.17) is 4.74 Å². The third-order valence-electron chi connectivity index (χ3n) is 4.44. The van der Waals surface area contributed by atoms with Crippen LogP contribution in [-0.2, 0) is 9.53 Å². The van der Waals surface area contributed by atoms with Crippen molar-refractivity contribution in [1.29, 1.82) is 0 Å². The Hall–Kier alpha value is -0.610. The maximum absolute atomic E-state index is 11.9. The lowest BCUT2D eigenvalue weighted by Gasteiger charge is -2.22. The largest absolute Gasteiger partial charge is 0.383 e. The lowest BCUT2D eigenvalue weighted by Crippen LogP contribution is -2.47. The Kier molecular flexibility index (Phi) is 8.15. The van der Waals surface area contributed by atoms with E-state index in [2.05, 4.69) is 24.5 Å². The number of nitrogens with one attached hydrogen (secondary N) is 2. The highest BCUT2D eigenvalue weighted by atomic mass is 16.5. The van der Waals surface area contributed by atoms with E-state index >= 15 is 0 Å². The molecule has 4 nitrogen and oxygen atoms in total. The van der Waals surface area contributed by atoms with Crippen LogP contribution in [-0.4, -0.2) is 38.3 Å². The Morgan fingerprint density at radius 1 is 1.20 bits per heavy atom. The molecular formula is C16H32N2O2. The van der Waals surface area contributed by atoms with Crippen molar-refractivity contribution in [2.24, 2.45) is 11.8 Å². The highest BCUT2D eigenvalue weighted by molar-refractivity contribution is 5.81. The molecule has 0 heterocycles. The first kappa shape index (κ1) is 17.4. The van der Waals surface area contributed by atoms with E-state index in [9.17, 15) is 4.79 Å². The number of amides is 1. The van der Waals surface area contributed by atoms with Gasteiger partial charge in [-0.3, -0.25) is 4.79 Å². The molecule has 1 aliphatic rings. The number of methoxy groups -OCH3 is 1. The van der Waals surface area contributed by atoms with Crippen LogP contribution < -0.4 is 10.6 Å². The number of hydrogen-bond acceptors (Lipinski definition) is 3. The molecule has 3 unspecified atom stereocenters. The van der Waals surface area contributed by atoms with Crippen molar-refractivity contribution in [2.75, 3.05) is 20.3 Å². The summed E-state index contributed by atoms with van der Waals surface area (Å²) < 4.78 is 4.94. The first-order valence-corrected chi connectivity index (χ1v) is 8.07. The van der Waals surface area contributed by atoms with Gasteiger partial charge in [-0.1, -0.05) is 26.7 Å². The molecule has 20 heavy (non-hydrogen) atoms. The van der Waals surface area contributed by atoms with Crippen molar-refractivity contribution in [3.05, 3.63) is 0 Å². The van der Waals surface area contributed by atoms with Crippen LogP contribution in [0.5, 0.6) is 0 Å². The summed E-state index contributed by atoms with van der Waals surface area (Å²) in [5.74, 6) is 1.71. The zero-order valence-corrected chi connectivity index (χ0v) is 13.6. The molecule has 1 amide bonds. The fraction of sp³-hybridized carbons (Fsp3) is 0.938. The van der Waals surface area contributed by atoms with E-state index in [1.54, 1.807) is 7.11 Å². The number of carbonyl (C=O) groups is 1. The van der Waals surface area contributed by atoms with E-state index in [1.165, 1.54) is 32.1 Å². The normalized spacial score (nSPS) is 25.2. The fourth-order valence-electron chi connectivity index (χ4n) is 3.02. The van der Waals surface area contributed by atoms with Crippen LogP contribution in [0.15, 0.2) is 0 Å². The van der Waals surface area contributed by atoms with Gasteiger partial charge in [0.1, 0.15) is 0 Å². The van der Waals surface area contributed by atoms with Crippen LogP contribution in [0.3, 0.4) is 0 Å². The zero-order chi connectivity index (χ0) is 15.0. The third kappa shape index (κ3) is 6.23. The molecule has 4 heteroatoms. The number of carbonyl (C=O) groups excluding carboxylic acids is 1. The van der Waals surface area contributed by atoms with Gasteiger partial charge in [0.05, 0.1) is 12.6 Å². The van der Waals surface area contributed by atoms with Gasteiger partial charge in [-0.2, -0.15) is 0 Å². The first-order valence-electron chi connectivity index (χ1n) is 8.07. The Labute approximate surface area is 124 Å². The predicted octanol–water partition coefficient (Wildman–Crippen LogP) is 2.33. The van der Waals surface area contributed by atoms with Gasteiger partial charge in [-0.15, -0.1) is 0 Å². The minimum atomic E-state index is -0.118. The molecule has 1 aliphatic carbocycles. The second kappa shape index (κ2) is 9.35. The molecule has 0 spiro atoms. The van der Waals surface area contributed by atoms with Crippen LogP contribution in [0.2, 0.25) is 0 Å². The second-order valence-corrected chi connectivity index (χ2v) is 6.38. The number of hydrogen-bond donors (Lipinski definition) is 2. The van der Waals surface area contributed by atoms with Gasteiger partial charge >= 0.3 is 0 Å². The second-order valence-electron chi connectivity index (χ2n) is 6.38. The Morgan fingerprint density at radius 3 is 2.60 bits per heavy atom. The van der Waals surface area contributed by atoms with Crippen LogP contribution >= 0.6 is 0 Å². The van der Waals surface area contributed by atoms with Crippen molar-refractivity contribution in [2.45, 2.75) is 65.0 Å². The molecule has 0 aromatic rings. The van der Waals surface area contributed by atoms with Gasteiger partial charge < -0.3 is 15.4 Å². The standard InChI is InChI=1S/C16H32N2O2/c1-12(2)14-6-5-7-15(9-8-14)18-13(3)16(19)17-10-11-20-4/h12-15,18H,5-11H2,1-4H3,(H,17,19). The molecule has 0 saturated heterocycles. The van der Waals surface area contributed by atoms with Crippen molar-refractivity contribution in [3.8, 4) is 0 Å². The highest BCUT2D eigenvalue weighted by Gasteiger charge is 2.23. The summed E-state index contributed by atoms with van der Waals surface area (Å²) in [5, 5.41) is 6.38. The molecule has 0 radical (unpaired) electrons. The molecule has 0 bridgehead atoms. The SMILES string of the molecule is COCCNC(=O)C(C)NC1CCCC(C(C)C)CC1. The Bertz CT molecular complexity index is 282. The minimum Gasteiger partial charge on any atom is -0.383 e. The fourth-order valence-corrected chi connectivity index (χ4v) is 3.02. The number of rotatable bonds is 7. The van der Waals surface area contributed by atoms with Gasteiger partial charge in [-0.05, 0) is 38.0 Å². The molecule has 1 fully saturated rings. The summed E-state index contributed by atoms with van der Waals surface area (Å²) >= 11 is 0. The average Bonchev–Trinajstić information content (AvgIpc) is 2.64. The molecule has 0 aromatic heterocycles. The average molecular weight is 284 g/mol. The van der Waals surface area contributed by atoms with Crippen molar-refractivity contribution >= 4 is 5.91 Å². The Morgan fingerprint density at radius 2 is 1.95 bits per heavy atom. The molecule has 0 aromatic carbocycles. The van der Waals surface area contributed by atoms with Crippen LogP contribution in [0, 0.1) is 11.8 Å². The molecule has 1 rings (SSSR count). The molecular weight excluding hydrogens is 252 g/mol. The van der Waals surface area contributed by atoms with Gasteiger partial charge in [0, 0.05) is 19.7 Å². The quantitative estimate of drug-likeness (QED) is 0.557. The zero-order valence-electron chi connectivity index (χ0n) is 13.6. The highest BCUT2D eigenvalue weighted by Crippen LogP contribution is 2.28. The maximum Gasteiger partial charge on any atom is 0.236 e. The molecule has 0 aliphatic heterocycles. The molecule has 1 saturated carbocycles. The van der Waals surface area contributed by atoms with Crippen molar-refractivity contribution < 1.29 is 9.53 Å². The van der Waals surface area contributed by atoms with E-state index in [0.717, 1.165) is 11.8 Å². The van der Waals surface area contributed by atoms with E-state index < -0.39 is 0 Å². The smallest absolute Gasteiger partial charge is 0.236 e. The van der Waals surface area contributed by atoms with Gasteiger partial charge in [-0.25, -0.2) is 0 Å². The summed E-state index contributed by atoms with van der Waals surface area (Å²) in [7, 11) is 1.64. The Balaban J connectivity index is 2.30. The molecule has 118 valence electrons. The molecule has 2 N–H and O–H groups in total. The summed E-state index contributed by atoms with van der Waals surface area (Å²) in [6.45, 7) is 7.75. The van der Waals surface area contributed by atoms with Crippen LogP contribution in [0.25, 0.3) is 0 Å². The van der Waals surface area contributed by atoms with Crippen LogP contribution in [0.1, 0.15) is 52.9 Å². The van der Waals surface area contributed by atoms with Crippen LogP contribution in [0.4, 0.5) is 0 Å². The lowest BCUT2D eigenvalue weighted by atomic mass is 9.89. The van der Waals surface area contributed by atoms with Gasteiger partial charge in [0.25, 0.3) is 0 Å². The number of ether oxygens (including phenoxy) is 1. The third-order valence-corrected chi connectivity index (χ3v) is 4.44. The summed E-state index contributed by atoms with van der Waals surface area (Å²) in [6, 6.07) is 0.370. The first-order chi connectivity index (χ1) is 9.54.